The lowest BCUT2D eigenvalue weighted by Gasteiger charge is -2.24. The lowest BCUT2D eigenvalue weighted by Crippen LogP contribution is -2.41. The molecule has 1 N–H and O–H groups in total. The summed E-state index contributed by atoms with van der Waals surface area (Å²) in [5.74, 6) is 1.03. The highest BCUT2D eigenvalue weighted by atomic mass is 35.5. The van der Waals surface area contributed by atoms with Crippen LogP contribution < -0.4 is 9.62 Å². The summed E-state index contributed by atoms with van der Waals surface area (Å²) < 4.78 is 27.9. The Kier molecular flexibility index (Phi) is 9.31. The van der Waals surface area contributed by atoms with Gasteiger partial charge in [-0.1, -0.05) is 64.7 Å². The molecule has 0 atom stereocenters. The Morgan fingerprint density at radius 1 is 0.912 bits per heavy atom. The van der Waals surface area contributed by atoms with Gasteiger partial charge in [0.1, 0.15) is 6.54 Å². The SMILES string of the molecule is Cc1ccc(N(CC(=O)NCCSCc2ccc(Cl)c(Cl)c2)S(=O)(=O)c2ccc(C)cc2)cc1. The van der Waals surface area contributed by atoms with Crippen LogP contribution in [0.25, 0.3) is 0 Å². The molecule has 0 fully saturated rings. The van der Waals surface area contributed by atoms with Crippen LogP contribution in [0.1, 0.15) is 16.7 Å². The quantitative estimate of drug-likeness (QED) is 0.329. The summed E-state index contributed by atoms with van der Waals surface area (Å²) in [6.07, 6.45) is 0. The number of rotatable bonds is 10. The molecule has 3 rings (SSSR count). The number of carbonyl (C=O) groups excluding carboxylic acids is 1. The second-order valence-electron chi connectivity index (χ2n) is 7.81. The van der Waals surface area contributed by atoms with Crippen LogP contribution in [0.2, 0.25) is 10.0 Å². The van der Waals surface area contributed by atoms with Crippen molar-refractivity contribution in [3.63, 3.8) is 0 Å². The molecule has 1 amide bonds. The number of thioether (sulfide) groups is 1. The molecule has 0 bridgehead atoms. The van der Waals surface area contributed by atoms with Crippen LogP contribution >= 0.6 is 35.0 Å². The first kappa shape index (κ1) is 26.4. The predicted molar refractivity (Wildman–Crippen MR) is 143 cm³/mol. The molecule has 0 aliphatic rings. The normalized spacial score (nSPS) is 11.3. The summed E-state index contributed by atoms with van der Waals surface area (Å²) in [4.78, 5) is 12.8. The molecule has 0 saturated carbocycles. The summed E-state index contributed by atoms with van der Waals surface area (Å²) >= 11 is 13.6. The molecular weight excluding hydrogens is 511 g/mol. The van der Waals surface area contributed by atoms with Crippen LogP contribution in [0.4, 0.5) is 5.69 Å². The summed E-state index contributed by atoms with van der Waals surface area (Å²) in [6.45, 7) is 3.92. The maximum Gasteiger partial charge on any atom is 0.264 e. The third-order valence-electron chi connectivity index (χ3n) is 5.04. The van der Waals surface area contributed by atoms with Crippen LogP contribution in [0.3, 0.4) is 0 Å². The molecule has 5 nitrogen and oxygen atoms in total. The molecule has 34 heavy (non-hydrogen) atoms. The monoisotopic (exact) mass is 536 g/mol. The van der Waals surface area contributed by atoms with E-state index in [9.17, 15) is 13.2 Å². The van der Waals surface area contributed by atoms with E-state index in [2.05, 4.69) is 5.32 Å². The summed E-state index contributed by atoms with van der Waals surface area (Å²) in [6, 6.07) is 19.2. The van der Waals surface area contributed by atoms with Gasteiger partial charge in [0.25, 0.3) is 10.0 Å². The first-order valence-corrected chi connectivity index (χ1v) is 14.0. The largest absolute Gasteiger partial charge is 0.354 e. The highest BCUT2D eigenvalue weighted by Crippen LogP contribution is 2.25. The number of amides is 1. The Morgan fingerprint density at radius 3 is 2.15 bits per heavy atom. The van der Waals surface area contributed by atoms with Crippen LogP contribution in [0.5, 0.6) is 0 Å². The third kappa shape index (κ3) is 7.15. The predicted octanol–water partition coefficient (Wildman–Crippen LogP) is 5.86. The molecule has 0 radical (unpaired) electrons. The maximum atomic E-state index is 13.4. The van der Waals surface area contributed by atoms with Gasteiger partial charge in [-0.05, 0) is 55.8 Å². The van der Waals surface area contributed by atoms with Crippen molar-refractivity contribution in [3.05, 3.63) is 93.5 Å². The average molecular weight is 538 g/mol. The highest BCUT2D eigenvalue weighted by Gasteiger charge is 2.27. The molecule has 0 saturated heterocycles. The van der Waals surface area contributed by atoms with E-state index in [0.717, 1.165) is 26.7 Å². The van der Waals surface area contributed by atoms with Crippen molar-refractivity contribution < 1.29 is 13.2 Å². The Balaban J connectivity index is 1.62. The van der Waals surface area contributed by atoms with Gasteiger partial charge >= 0.3 is 0 Å². The second kappa shape index (κ2) is 12.0. The van der Waals surface area contributed by atoms with E-state index in [1.165, 1.54) is 0 Å². The number of nitrogens with one attached hydrogen (secondary N) is 1. The fourth-order valence-corrected chi connectivity index (χ4v) is 5.68. The first-order chi connectivity index (χ1) is 16.2. The molecule has 0 spiro atoms. The number of anilines is 1. The molecule has 0 aromatic heterocycles. The zero-order valence-corrected chi connectivity index (χ0v) is 22.1. The minimum Gasteiger partial charge on any atom is -0.354 e. The number of halogens is 2. The number of benzene rings is 3. The Hall–Kier alpha value is -2.19. The topological polar surface area (TPSA) is 66.5 Å². The van der Waals surface area contributed by atoms with Gasteiger partial charge < -0.3 is 5.32 Å². The van der Waals surface area contributed by atoms with E-state index in [0.29, 0.717) is 28.0 Å². The Bertz CT molecular complexity index is 1230. The smallest absolute Gasteiger partial charge is 0.264 e. The molecule has 0 aliphatic carbocycles. The number of carbonyl (C=O) groups is 1. The molecule has 9 heteroatoms. The van der Waals surface area contributed by atoms with Crippen molar-refractivity contribution in [1.29, 1.82) is 0 Å². The molecule has 3 aromatic rings. The van der Waals surface area contributed by atoms with Crippen molar-refractivity contribution in [2.45, 2.75) is 24.5 Å². The van der Waals surface area contributed by atoms with Gasteiger partial charge in [0.15, 0.2) is 0 Å². The number of aryl methyl sites for hydroxylation is 2. The molecule has 3 aromatic carbocycles. The Morgan fingerprint density at radius 2 is 1.53 bits per heavy atom. The average Bonchev–Trinajstić information content (AvgIpc) is 2.80. The fourth-order valence-electron chi connectivity index (χ4n) is 3.13. The third-order valence-corrected chi connectivity index (χ3v) is 8.60. The molecular formula is C25H26Cl2N2O3S2. The summed E-state index contributed by atoms with van der Waals surface area (Å²) in [7, 11) is -3.91. The van der Waals surface area contributed by atoms with E-state index in [1.807, 2.05) is 38.1 Å². The number of hydrogen-bond acceptors (Lipinski definition) is 4. The molecule has 0 heterocycles. The van der Waals surface area contributed by atoms with E-state index in [-0.39, 0.29) is 17.3 Å². The van der Waals surface area contributed by atoms with Crippen molar-refractivity contribution in [3.8, 4) is 0 Å². The van der Waals surface area contributed by atoms with Gasteiger partial charge in [-0.15, -0.1) is 0 Å². The standard InChI is InChI=1S/C25H26Cl2N2O3S2/c1-18-3-8-21(9-4-18)29(34(31,32)22-10-5-19(2)6-11-22)16-25(30)28-13-14-33-17-20-7-12-23(26)24(27)15-20/h3-12,15H,13-14,16-17H2,1-2H3,(H,28,30). The van der Waals surface area contributed by atoms with E-state index in [1.54, 1.807) is 54.2 Å². The van der Waals surface area contributed by atoms with E-state index >= 15 is 0 Å². The van der Waals surface area contributed by atoms with E-state index < -0.39 is 10.0 Å². The van der Waals surface area contributed by atoms with Gasteiger partial charge in [-0.25, -0.2) is 8.42 Å². The van der Waals surface area contributed by atoms with Crippen LogP contribution in [0, 0.1) is 13.8 Å². The first-order valence-electron chi connectivity index (χ1n) is 10.6. The zero-order chi connectivity index (χ0) is 24.7. The van der Waals surface area contributed by atoms with Crippen LogP contribution in [0.15, 0.2) is 71.6 Å². The van der Waals surface area contributed by atoms with Crippen molar-refractivity contribution in [2.24, 2.45) is 0 Å². The highest BCUT2D eigenvalue weighted by molar-refractivity contribution is 7.98. The number of sulfonamides is 1. The van der Waals surface area contributed by atoms with Crippen LogP contribution in [-0.2, 0) is 20.6 Å². The minimum atomic E-state index is -3.91. The minimum absolute atomic E-state index is 0.142. The lowest BCUT2D eigenvalue weighted by atomic mass is 10.2. The maximum absolute atomic E-state index is 13.4. The van der Waals surface area contributed by atoms with Crippen molar-refractivity contribution in [1.82, 2.24) is 5.32 Å². The van der Waals surface area contributed by atoms with E-state index in [4.69, 9.17) is 23.2 Å². The lowest BCUT2D eigenvalue weighted by molar-refractivity contribution is -0.119. The summed E-state index contributed by atoms with van der Waals surface area (Å²) in [5.41, 5.74) is 3.44. The van der Waals surface area contributed by atoms with Gasteiger partial charge in [0, 0.05) is 18.1 Å². The van der Waals surface area contributed by atoms with Gasteiger partial charge in [-0.3, -0.25) is 9.10 Å². The van der Waals surface area contributed by atoms with Gasteiger partial charge in [0.2, 0.25) is 5.91 Å². The molecule has 0 unspecified atom stereocenters. The second-order valence-corrected chi connectivity index (χ2v) is 11.6. The van der Waals surface area contributed by atoms with Gasteiger partial charge in [-0.2, -0.15) is 11.8 Å². The number of hydrogen-bond donors (Lipinski definition) is 1. The van der Waals surface area contributed by atoms with Gasteiger partial charge in [0.05, 0.1) is 20.6 Å². The number of nitrogens with zero attached hydrogens (tertiary/aromatic N) is 1. The van der Waals surface area contributed by atoms with Crippen LogP contribution in [-0.4, -0.2) is 33.2 Å². The summed E-state index contributed by atoms with van der Waals surface area (Å²) in [5, 5.41) is 3.85. The van der Waals surface area contributed by atoms with Crippen molar-refractivity contribution in [2.75, 3.05) is 23.1 Å². The fraction of sp³-hybridized carbons (Fsp3) is 0.240. The zero-order valence-electron chi connectivity index (χ0n) is 18.9. The molecule has 180 valence electrons. The Labute approximate surface area is 215 Å². The van der Waals surface area contributed by atoms with Crippen molar-refractivity contribution >= 4 is 56.6 Å². The molecule has 0 aliphatic heterocycles.